The number of hydrogen-bond donors (Lipinski definition) is 0. The minimum atomic E-state index is -3.47. The van der Waals surface area contributed by atoms with Gasteiger partial charge >= 0.3 is 0 Å². The molecule has 0 aliphatic rings. The van der Waals surface area contributed by atoms with Crippen molar-refractivity contribution in [3.8, 4) is 0 Å². The number of nitrogens with zero attached hydrogens (tertiary/aromatic N) is 1. The lowest BCUT2D eigenvalue weighted by atomic mass is 10.2. The Morgan fingerprint density at radius 3 is 2.63 bits per heavy atom. The fourth-order valence-electron chi connectivity index (χ4n) is 1.70. The van der Waals surface area contributed by atoms with Crippen molar-refractivity contribution in [1.29, 1.82) is 0 Å². The molecule has 0 bridgehead atoms. The molecular formula is C13H20ClNO3S. The lowest BCUT2D eigenvalue weighted by molar-refractivity contribution is 0.135. The number of benzene rings is 1. The van der Waals surface area contributed by atoms with E-state index in [9.17, 15) is 8.42 Å². The molecule has 0 aromatic heterocycles. The SMILES string of the molecule is CCOCCN(CC)S(=O)(=O)c1cccc(CCl)c1. The number of alkyl halides is 1. The molecule has 108 valence electrons. The normalized spacial score (nSPS) is 12.0. The van der Waals surface area contributed by atoms with Crippen LogP contribution >= 0.6 is 11.6 Å². The van der Waals surface area contributed by atoms with E-state index in [-0.39, 0.29) is 4.90 Å². The predicted octanol–water partition coefficient (Wildman–Crippen LogP) is 2.47. The van der Waals surface area contributed by atoms with Crippen molar-refractivity contribution in [3.63, 3.8) is 0 Å². The van der Waals surface area contributed by atoms with E-state index in [0.29, 0.717) is 32.2 Å². The summed E-state index contributed by atoms with van der Waals surface area (Å²) < 4.78 is 31.5. The molecule has 6 heteroatoms. The highest BCUT2D eigenvalue weighted by Crippen LogP contribution is 2.17. The first-order valence-electron chi connectivity index (χ1n) is 6.29. The Hall–Kier alpha value is -0.620. The number of hydrogen-bond acceptors (Lipinski definition) is 3. The van der Waals surface area contributed by atoms with Gasteiger partial charge in [-0.1, -0.05) is 19.1 Å². The summed E-state index contributed by atoms with van der Waals surface area (Å²) in [6, 6.07) is 6.73. The van der Waals surface area contributed by atoms with Crippen molar-refractivity contribution >= 4 is 21.6 Å². The largest absolute Gasteiger partial charge is 0.380 e. The van der Waals surface area contributed by atoms with Gasteiger partial charge in [0.1, 0.15) is 0 Å². The van der Waals surface area contributed by atoms with E-state index in [0.717, 1.165) is 5.56 Å². The zero-order valence-electron chi connectivity index (χ0n) is 11.3. The van der Waals surface area contributed by atoms with Crippen LogP contribution in [0.4, 0.5) is 0 Å². The van der Waals surface area contributed by atoms with Crippen molar-refractivity contribution in [1.82, 2.24) is 4.31 Å². The molecule has 1 rings (SSSR count). The second-order valence-corrected chi connectivity index (χ2v) is 6.18. The predicted molar refractivity (Wildman–Crippen MR) is 76.9 cm³/mol. The molecule has 1 aromatic rings. The summed E-state index contributed by atoms with van der Waals surface area (Å²) in [5, 5.41) is 0. The summed E-state index contributed by atoms with van der Waals surface area (Å²) >= 11 is 5.74. The van der Waals surface area contributed by atoms with E-state index in [1.165, 1.54) is 4.31 Å². The lowest BCUT2D eigenvalue weighted by Crippen LogP contribution is -2.34. The van der Waals surface area contributed by atoms with Gasteiger partial charge < -0.3 is 4.74 Å². The van der Waals surface area contributed by atoms with Gasteiger partial charge in [-0.2, -0.15) is 4.31 Å². The molecule has 4 nitrogen and oxygen atoms in total. The van der Waals surface area contributed by atoms with Gasteiger partial charge in [-0.05, 0) is 24.6 Å². The molecule has 0 radical (unpaired) electrons. The van der Waals surface area contributed by atoms with Crippen LogP contribution in [0, 0.1) is 0 Å². The molecule has 0 heterocycles. The third-order valence-corrected chi connectivity index (χ3v) is 5.01. The van der Waals surface area contributed by atoms with Crippen LogP contribution < -0.4 is 0 Å². The third-order valence-electron chi connectivity index (χ3n) is 2.73. The Morgan fingerprint density at radius 2 is 2.05 bits per heavy atom. The highest BCUT2D eigenvalue weighted by atomic mass is 35.5. The van der Waals surface area contributed by atoms with Gasteiger partial charge in [0, 0.05) is 25.6 Å². The Morgan fingerprint density at radius 1 is 1.32 bits per heavy atom. The fraction of sp³-hybridized carbons (Fsp3) is 0.538. The second kappa shape index (κ2) is 7.85. The number of ether oxygens (including phenoxy) is 1. The Kier molecular flexibility index (Phi) is 6.79. The summed E-state index contributed by atoms with van der Waals surface area (Å²) in [5.41, 5.74) is 0.795. The minimum Gasteiger partial charge on any atom is -0.380 e. The smallest absolute Gasteiger partial charge is 0.243 e. The molecule has 0 amide bonds. The quantitative estimate of drug-likeness (QED) is 0.547. The molecule has 0 fully saturated rings. The molecule has 0 spiro atoms. The summed E-state index contributed by atoms with van der Waals surface area (Å²) in [5.74, 6) is 0.300. The van der Waals surface area contributed by atoms with Gasteiger partial charge in [0.15, 0.2) is 0 Å². The second-order valence-electron chi connectivity index (χ2n) is 3.97. The lowest BCUT2D eigenvalue weighted by Gasteiger charge is -2.20. The Labute approximate surface area is 120 Å². The van der Waals surface area contributed by atoms with Crippen molar-refractivity contribution in [2.45, 2.75) is 24.6 Å². The average Bonchev–Trinajstić information content (AvgIpc) is 2.43. The summed E-state index contributed by atoms with van der Waals surface area (Å²) in [4.78, 5) is 0.281. The van der Waals surface area contributed by atoms with E-state index in [1.54, 1.807) is 18.2 Å². The molecule has 0 aliphatic heterocycles. The highest BCUT2D eigenvalue weighted by Gasteiger charge is 2.22. The maximum Gasteiger partial charge on any atom is 0.243 e. The van der Waals surface area contributed by atoms with Crippen LogP contribution in [0.1, 0.15) is 19.4 Å². The van der Waals surface area contributed by atoms with Gasteiger partial charge in [-0.15, -0.1) is 11.6 Å². The van der Waals surface area contributed by atoms with E-state index >= 15 is 0 Å². The van der Waals surface area contributed by atoms with E-state index in [2.05, 4.69) is 0 Å². The molecule has 0 unspecified atom stereocenters. The van der Waals surface area contributed by atoms with Gasteiger partial charge in [0.25, 0.3) is 0 Å². The van der Waals surface area contributed by atoms with Gasteiger partial charge in [-0.25, -0.2) is 8.42 Å². The van der Waals surface area contributed by atoms with Crippen molar-refractivity contribution < 1.29 is 13.2 Å². The van der Waals surface area contributed by atoms with Crippen LogP contribution in [0.2, 0.25) is 0 Å². The Bertz CT molecular complexity index is 490. The summed E-state index contributed by atoms with van der Waals surface area (Å²) in [7, 11) is -3.47. The molecule has 0 N–H and O–H groups in total. The molecule has 0 saturated carbocycles. The maximum atomic E-state index is 12.5. The topological polar surface area (TPSA) is 46.6 Å². The zero-order valence-corrected chi connectivity index (χ0v) is 12.9. The summed E-state index contributed by atoms with van der Waals surface area (Å²) in [6.07, 6.45) is 0. The third kappa shape index (κ3) is 4.45. The van der Waals surface area contributed by atoms with Crippen LogP contribution in [0.25, 0.3) is 0 Å². The van der Waals surface area contributed by atoms with Gasteiger partial charge in [0.05, 0.1) is 11.5 Å². The first-order chi connectivity index (χ1) is 9.06. The monoisotopic (exact) mass is 305 g/mol. The van der Waals surface area contributed by atoms with Crippen LogP contribution in [0.15, 0.2) is 29.2 Å². The molecule has 0 saturated heterocycles. The first-order valence-corrected chi connectivity index (χ1v) is 8.26. The van der Waals surface area contributed by atoms with Crippen molar-refractivity contribution in [2.75, 3.05) is 26.3 Å². The number of sulfonamides is 1. The minimum absolute atomic E-state index is 0.281. The van der Waals surface area contributed by atoms with Gasteiger partial charge in [0.2, 0.25) is 10.0 Å². The molecule has 19 heavy (non-hydrogen) atoms. The molecule has 0 aliphatic carbocycles. The summed E-state index contributed by atoms with van der Waals surface area (Å²) in [6.45, 7) is 5.46. The number of rotatable bonds is 8. The van der Waals surface area contributed by atoms with E-state index < -0.39 is 10.0 Å². The Balaban J connectivity index is 2.92. The molecule has 0 atom stereocenters. The van der Waals surface area contributed by atoms with Crippen molar-refractivity contribution in [2.24, 2.45) is 0 Å². The number of halogens is 1. The standard InChI is InChI=1S/C13H20ClNO3S/c1-3-15(8-9-18-4-2)19(16,17)13-7-5-6-12(10-13)11-14/h5-7,10H,3-4,8-9,11H2,1-2H3. The van der Waals surface area contributed by atoms with Crippen LogP contribution in [0.3, 0.4) is 0 Å². The maximum absolute atomic E-state index is 12.5. The van der Waals surface area contributed by atoms with Crippen LogP contribution in [-0.2, 0) is 20.6 Å². The zero-order chi connectivity index (χ0) is 14.3. The van der Waals surface area contributed by atoms with E-state index in [1.807, 2.05) is 19.9 Å². The van der Waals surface area contributed by atoms with E-state index in [4.69, 9.17) is 16.3 Å². The highest BCUT2D eigenvalue weighted by molar-refractivity contribution is 7.89. The first kappa shape index (κ1) is 16.4. The fourth-order valence-corrected chi connectivity index (χ4v) is 3.37. The number of likely N-dealkylation sites (N-methyl/N-ethyl adjacent to an activating group) is 1. The molecular weight excluding hydrogens is 286 g/mol. The van der Waals surface area contributed by atoms with Crippen LogP contribution in [-0.4, -0.2) is 39.0 Å². The van der Waals surface area contributed by atoms with Crippen LogP contribution in [0.5, 0.6) is 0 Å². The van der Waals surface area contributed by atoms with Crippen molar-refractivity contribution in [3.05, 3.63) is 29.8 Å². The average molecular weight is 306 g/mol. The van der Waals surface area contributed by atoms with Gasteiger partial charge in [-0.3, -0.25) is 0 Å². The molecule has 1 aromatic carbocycles.